The van der Waals surface area contributed by atoms with E-state index in [0.717, 1.165) is 11.1 Å². The van der Waals surface area contributed by atoms with Crippen LogP contribution in [0.5, 0.6) is 5.75 Å². The number of quaternary nitrogens is 1. The Bertz CT molecular complexity index is 934. The number of carbonyl (C=O) groups is 2. The smallest absolute Gasteiger partial charge is 0.424 e. The Morgan fingerprint density at radius 3 is 2.61 bits per heavy atom. The zero-order chi connectivity index (χ0) is 23.2. The van der Waals surface area contributed by atoms with Gasteiger partial charge in [0.2, 0.25) is 5.54 Å². The van der Waals surface area contributed by atoms with Gasteiger partial charge in [0.05, 0.1) is 31.5 Å². The predicted molar refractivity (Wildman–Crippen MR) is 108 cm³/mol. The Kier molecular flexibility index (Phi) is 6.05. The van der Waals surface area contributed by atoms with Gasteiger partial charge >= 0.3 is 18.2 Å². The second-order valence-corrected chi connectivity index (χ2v) is 8.83. The van der Waals surface area contributed by atoms with Crippen molar-refractivity contribution in [2.75, 3.05) is 26.7 Å². The molecule has 0 aliphatic carbocycles. The highest BCUT2D eigenvalue weighted by Gasteiger charge is 2.77. The fraction of sp³-hybridized carbons (Fsp3) is 0.524. The third-order valence-corrected chi connectivity index (χ3v) is 6.26. The molecule has 6 nitrogen and oxygen atoms in total. The van der Waals surface area contributed by atoms with E-state index in [4.69, 9.17) is 21.4 Å². The van der Waals surface area contributed by atoms with Crippen LogP contribution in [0.4, 0.5) is 18.0 Å². The number of amides is 2. The first-order valence-corrected chi connectivity index (χ1v) is 10.3. The van der Waals surface area contributed by atoms with E-state index in [2.05, 4.69) is 0 Å². The summed E-state index contributed by atoms with van der Waals surface area (Å²) in [5, 5.41) is 9.16. The van der Waals surface area contributed by atoms with E-state index < -0.39 is 30.7 Å². The molecule has 1 aromatic carbocycles. The fourth-order valence-corrected chi connectivity index (χ4v) is 4.58. The molecule has 31 heavy (non-hydrogen) atoms. The molecule has 2 aliphatic rings. The molecule has 0 aromatic heterocycles. The molecular formula is C21H25ClF3N2O4+. The molecule has 2 heterocycles. The first-order valence-electron chi connectivity index (χ1n) is 9.92. The number of rotatable bonds is 8. The number of halogens is 4. The van der Waals surface area contributed by atoms with Crippen molar-refractivity contribution in [3.8, 4) is 5.75 Å². The Labute approximate surface area is 183 Å². The topological polar surface area (TPSA) is 66.8 Å². The third-order valence-electron chi connectivity index (χ3n) is 5.97. The van der Waals surface area contributed by atoms with Crippen molar-refractivity contribution in [1.29, 1.82) is 0 Å². The van der Waals surface area contributed by atoms with Crippen LogP contribution in [0, 0.1) is 5.92 Å². The highest BCUT2D eigenvalue weighted by Crippen LogP contribution is 2.60. The number of benzene rings is 1. The number of fused-ring (bicyclic) bond motifs is 1. The summed E-state index contributed by atoms with van der Waals surface area (Å²) < 4.78 is 42.3. The normalized spacial score (nSPS) is 25.4. The van der Waals surface area contributed by atoms with Gasteiger partial charge in [-0.15, -0.1) is 0 Å². The molecule has 2 atom stereocenters. The van der Waals surface area contributed by atoms with E-state index in [1.54, 1.807) is 25.4 Å². The van der Waals surface area contributed by atoms with Crippen LogP contribution in [0.3, 0.4) is 0 Å². The zero-order valence-electron chi connectivity index (χ0n) is 17.5. The Morgan fingerprint density at radius 2 is 2.06 bits per heavy atom. The molecule has 0 bridgehead atoms. The van der Waals surface area contributed by atoms with Crippen LogP contribution < -0.4 is 4.74 Å². The lowest BCUT2D eigenvalue weighted by atomic mass is 9.83. The maximum Gasteiger partial charge on any atom is 0.424 e. The Balaban J connectivity index is 1.91. The maximum atomic E-state index is 13.1. The molecule has 1 N–H and O–H groups in total. The van der Waals surface area contributed by atoms with Gasteiger partial charge in [0.1, 0.15) is 5.75 Å². The van der Waals surface area contributed by atoms with Crippen molar-refractivity contribution >= 4 is 23.6 Å². The average Bonchev–Trinajstić information content (AvgIpc) is 3.30. The van der Waals surface area contributed by atoms with Gasteiger partial charge in [0.15, 0.2) is 6.54 Å². The summed E-state index contributed by atoms with van der Waals surface area (Å²) in [6, 6.07) is 4.70. The van der Waals surface area contributed by atoms with Crippen LogP contribution in [0.15, 0.2) is 30.0 Å². The summed E-state index contributed by atoms with van der Waals surface area (Å²) >= 11 is 6.31. The monoisotopic (exact) mass is 461 g/mol. The number of ether oxygens (including phenoxy) is 1. The maximum absolute atomic E-state index is 13.1. The molecule has 0 spiro atoms. The quantitative estimate of drug-likeness (QED) is 0.447. The summed E-state index contributed by atoms with van der Waals surface area (Å²) in [4.78, 5) is 25.6. The first kappa shape index (κ1) is 23.4. The summed E-state index contributed by atoms with van der Waals surface area (Å²) in [5.74, 6) is -0.756. The molecule has 1 unspecified atom stereocenters. The summed E-state index contributed by atoms with van der Waals surface area (Å²) in [6.45, 7) is 4.04. The second-order valence-electron chi connectivity index (χ2n) is 8.43. The van der Waals surface area contributed by atoms with Crippen molar-refractivity contribution in [1.82, 2.24) is 4.90 Å². The predicted octanol–water partition coefficient (Wildman–Crippen LogP) is 4.78. The SMILES string of the molecule is CC(C)C1=CN(CCC(=O)O)C(=O)[N+]2(C)C[C@]12c1ccc(OCCC(F)(F)F)c(Cl)c1. The molecule has 2 aliphatic heterocycles. The second kappa shape index (κ2) is 8.02. The minimum atomic E-state index is -4.31. The Hall–Kier alpha value is -2.26. The highest BCUT2D eigenvalue weighted by atomic mass is 35.5. The molecule has 0 radical (unpaired) electrons. The lowest BCUT2D eigenvalue weighted by Gasteiger charge is -2.34. The van der Waals surface area contributed by atoms with Crippen LogP contribution in [-0.4, -0.2) is 59.4 Å². The molecule has 170 valence electrons. The number of alkyl halides is 3. The minimum absolute atomic E-state index is 0.0568. The van der Waals surface area contributed by atoms with Crippen molar-refractivity contribution < 1.29 is 37.1 Å². The standard InChI is InChI=1S/C21H24ClF3N2O4/c1-13(2)15-11-26(8-6-18(28)29)19(30)27(3)12-20(15,27)14-4-5-17(16(22)10-14)31-9-7-21(23,24)25/h4-5,10-11,13H,6-9,12H2,1-3H3/p+1/t20-,27?/m0/s1. The van der Waals surface area contributed by atoms with Crippen molar-refractivity contribution in [3.63, 3.8) is 0 Å². The van der Waals surface area contributed by atoms with Gasteiger partial charge in [0.25, 0.3) is 0 Å². The fourth-order valence-electron chi connectivity index (χ4n) is 4.34. The van der Waals surface area contributed by atoms with E-state index >= 15 is 0 Å². The van der Waals surface area contributed by atoms with Gasteiger partial charge in [-0.05, 0) is 24.1 Å². The summed E-state index contributed by atoms with van der Waals surface area (Å²) in [5.41, 5.74) is 1.11. The summed E-state index contributed by atoms with van der Waals surface area (Å²) in [6.07, 6.45) is -3.81. The number of carboxylic acid groups (broad SMARTS) is 1. The van der Waals surface area contributed by atoms with Crippen LogP contribution in [0.2, 0.25) is 5.02 Å². The number of likely N-dealkylation sites (N-methyl/N-ethyl adjacent to an activating group) is 1. The zero-order valence-corrected chi connectivity index (χ0v) is 18.3. The number of carbonyl (C=O) groups excluding carboxylic acids is 1. The van der Waals surface area contributed by atoms with Gasteiger partial charge in [-0.25, -0.2) is 9.28 Å². The van der Waals surface area contributed by atoms with Gasteiger partial charge in [-0.2, -0.15) is 13.2 Å². The van der Waals surface area contributed by atoms with E-state index in [0.29, 0.717) is 6.54 Å². The molecule has 0 saturated carbocycles. The van der Waals surface area contributed by atoms with Gasteiger partial charge in [-0.3, -0.25) is 9.69 Å². The van der Waals surface area contributed by atoms with Crippen LogP contribution in [0.1, 0.15) is 32.3 Å². The van der Waals surface area contributed by atoms with Gasteiger partial charge in [-0.1, -0.05) is 25.4 Å². The molecule has 10 heteroatoms. The number of aliphatic carboxylic acids is 1. The number of urea groups is 1. The van der Waals surface area contributed by atoms with E-state index in [1.807, 2.05) is 13.8 Å². The summed E-state index contributed by atoms with van der Waals surface area (Å²) in [7, 11) is 1.80. The van der Waals surface area contributed by atoms with E-state index in [-0.39, 0.29) is 40.2 Å². The van der Waals surface area contributed by atoms with E-state index in [1.165, 1.54) is 11.0 Å². The van der Waals surface area contributed by atoms with Crippen molar-refractivity contribution in [2.24, 2.45) is 5.92 Å². The number of carboxylic acids is 1. The third kappa shape index (κ3) is 4.25. The van der Waals surface area contributed by atoms with Crippen molar-refractivity contribution in [3.05, 3.63) is 40.6 Å². The van der Waals surface area contributed by atoms with Crippen molar-refractivity contribution in [2.45, 2.75) is 38.4 Å². The molecule has 3 rings (SSSR count). The molecule has 1 saturated heterocycles. The first-order chi connectivity index (χ1) is 14.3. The molecule has 2 amide bonds. The Morgan fingerprint density at radius 1 is 1.39 bits per heavy atom. The molecule has 1 aromatic rings. The number of hydrogen-bond acceptors (Lipinski definition) is 3. The number of hydrogen-bond donors (Lipinski definition) is 1. The lowest BCUT2D eigenvalue weighted by molar-refractivity contribution is -0.729. The molecule has 1 fully saturated rings. The largest absolute Gasteiger partial charge is 0.492 e. The lowest BCUT2D eigenvalue weighted by Crippen LogP contribution is -2.50. The average molecular weight is 462 g/mol. The van der Waals surface area contributed by atoms with E-state index in [9.17, 15) is 22.8 Å². The minimum Gasteiger partial charge on any atom is -0.492 e. The van der Waals surface area contributed by atoms with Gasteiger partial charge < -0.3 is 9.84 Å². The number of nitrogens with zero attached hydrogens (tertiary/aromatic N) is 2. The van der Waals surface area contributed by atoms with Crippen LogP contribution in [-0.2, 0) is 10.3 Å². The van der Waals surface area contributed by atoms with Gasteiger partial charge in [0, 0.05) is 23.9 Å². The van der Waals surface area contributed by atoms with Crippen LogP contribution >= 0.6 is 11.6 Å². The van der Waals surface area contributed by atoms with Crippen LogP contribution in [0.25, 0.3) is 0 Å². The highest BCUT2D eigenvalue weighted by molar-refractivity contribution is 6.32. The molecular weight excluding hydrogens is 437 g/mol.